The number of carbonyl (C=O) groups is 1. The molecule has 2 aromatic carbocycles. The van der Waals surface area contributed by atoms with Crippen LogP contribution in [0.2, 0.25) is 0 Å². The number of phenols is 1. The standard InChI is InChI=1S/C19H22O6S/c1-14-6-5-7-16(12-14)26(23,24)11-4-2-3-10-25-15-8-9-18(20)17(13-15)19(21)22/h5-9,12-13,20H,2-4,10-11H2,1H3,(H,21,22). The first-order valence-corrected chi connectivity index (χ1v) is 9.93. The molecule has 6 nitrogen and oxygen atoms in total. The number of carboxylic acids is 1. The van der Waals surface area contributed by atoms with Crippen molar-refractivity contribution in [2.75, 3.05) is 12.4 Å². The van der Waals surface area contributed by atoms with Gasteiger partial charge in [-0.3, -0.25) is 0 Å². The van der Waals surface area contributed by atoms with Crippen molar-refractivity contribution in [2.45, 2.75) is 31.1 Å². The molecular weight excluding hydrogens is 356 g/mol. The predicted octanol–water partition coefficient (Wildman–Crippen LogP) is 3.42. The average Bonchev–Trinajstić information content (AvgIpc) is 2.59. The van der Waals surface area contributed by atoms with Crippen LogP contribution in [0.1, 0.15) is 35.2 Å². The van der Waals surface area contributed by atoms with Crippen molar-refractivity contribution in [1.29, 1.82) is 0 Å². The summed E-state index contributed by atoms with van der Waals surface area (Å²) in [6, 6.07) is 10.9. The van der Waals surface area contributed by atoms with Crippen LogP contribution in [0.25, 0.3) is 0 Å². The van der Waals surface area contributed by atoms with Gasteiger partial charge in [-0.05, 0) is 62.1 Å². The summed E-state index contributed by atoms with van der Waals surface area (Å²) in [6.07, 6.45) is 1.84. The van der Waals surface area contributed by atoms with E-state index in [0.717, 1.165) is 5.56 Å². The Morgan fingerprint density at radius 2 is 1.85 bits per heavy atom. The maximum Gasteiger partial charge on any atom is 0.339 e. The zero-order valence-electron chi connectivity index (χ0n) is 14.5. The summed E-state index contributed by atoms with van der Waals surface area (Å²) < 4.78 is 30.0. The lowest BCUT2D eigenvalue weighted by atomic mass is 10.2. The number of benzene rings is 2. The molecule has 0 saturated heterocycles. The van der Waals surface area contributed by atoms with Crippen LogP contribution in [-0.4, -0.2) is 37.0 Å². The maximum absolute atomic E-state index is 12.3. The fraction of sp³-hybridized carbons (Fsp3) is 0.316. The van der Waals surface area contributed by atoms with Crippen molar-refractivity contribution in [2.24, 2.45) is 0 Å². The summed E-state index contributed by atoms with van der Waals surface area (Å²) >= 11 is 0. The van der Waals surface area contributed by atoms with Crippen LogP contribution < -0.4 is 4.74 Å². The molecule has 0 aliphatic rings. The lowest BCUT2D eigenvalue weighted by Gasteiger charge is -2.08. The zero-order chi connectivity index (χ0) is 19.2. The SMILES string of the molecule is Cc1cccc(S(=O)(=O)CCCCCOc2ccc(O)c(C(=O)O)c2)c1. The fourth-order valence-electron chi connectivity index (χ4n) is 2.46. The minimum Gasteiger partial charge on any atom is -0.507 e. The number of aromatic hydroxyl groups is 1. The molecule has 7 heteroatoms. The summed E-state index contributed by atoms with van der Waals surface area (Å²) in [4.78, 5) is 11.3. The quantitative estimate of drug-likeness (QED) is 0.649. The summed E-state index contributed by atoms with van der Waals surface area (Å²) in [5, 5.41) is 18.4. The highest BCUT2D eigenvalue weighted by atomic mass is 32.2. The van der Waals surface area contributed by atoms with Gasteiger partial charge in [0.15, 0.2) is 9.84 Å². The van der Waals surface area contributed by atoms with Gasteiger partial charge in [0.1, 0.15) is 17.1 Å². The van der Waals surface area contributed by atoms with E-state index in [2.05, 4.69) is 0 Å². The van der Waals surface area contributed by atoms with Crippen LogP contribution in [0, 0.1) is 6.92 Å². The first-order valence-electron chi connectivity index (χ1n) is 8.28. The molecule has 0 unspecified atom stereocenters. The molecular formula is C19H22O6S. The summed E-state index contributed by atoms with van der Waals surface area (Å²) in [5.41, 5.74) is 0.695. The molecule has 0 amide bonds. The lowest BCUT2D eigenvalue weighted by molar-refractivity contribution is 0.0693. The van der Waals surface area contributed by atoms with E-state index in [0.29, 0.717) is 36.5 Å². The molecule has 0 fully saturated rings. The second-order valence-corrected chi connectivity index (χ2v) is 8.14. The van der Waals surface area contributed by atoms with E-state index in [1.165, 1.54) is 18.2 Å². The van der Waals surface area contributed by atoms with Gasteiger partial charge in [-0.1, -0.05) is 12.1 Å². The topological polar surface area (TPSA) is 101 Å². The van der Waals surface area contributed by atoms with Gasteiger partial charge in [0, 0.05) is 0 Å². The molecule has 0 aliphatic carbocycles. The van der Waals surface area contributed by atoms with E-state index in [1.807, 2.05) is 13.0 Å². The normalized spacial score (nSPS) is 11.3. The first kappa shape index (κ1) is 19.8. The summed E-state index contributed by atoms with van der Waals surface area (Å²) in [7, 11) is -3.28. The van der Waals surface area contributed by atoms with Crippen molar-refractivity contribution in [3.63, 3.8) is 0 Å². The molecule has 0 spiro atoms. The monoisotopic (exact) mass is 378 g/mol. The van der Waals surface area contributed by atoms with Crippen molar-refractivity contribution in [1.82, 2.24) is 0 Å². The highest BCUT2D eigenvalue weighted by Gasteiger charge is 2.14. The molecule has 26 heavy (non-hydrogen) atoms. The number of carboxylic acid groups (broad SMARTS) is 1. The molecule has 0 aliphatic heterocycles. The average molecular weight is 378 g/mol. The van der Waals surface area contributed by atoms with Crippen LogP contribution in [0.5, 0.6) is 11.5 Å². The zero-order valence-corrected chi connectivity index (χ0v) is 15.3. The molecule has 2 rings (SSSR count). The molecule has 0 atom stereocenters. The third-order valence-electron chi connectivity index (χ3n) is 3.87. The summed E-state index contributed by atoms with van der Waals surface area (Å²) in [5.74, 6) is -1.10. The van der Waals surface area contributed by atoms with Gasteiger partial charge >= 0.3 is 5.97 Å². The van der Waals surface area contributed by atoms with Gasteiger partial charge < -0.3 is 14.9 Å². The largest absolute Gasteiger partial charge is 0.507 e. The van der Waals surface area contributed by atoms with Crippen molar-refractivity contribution < 1.29 is 28.2 Å². The number of sulfone groups is 1. The Morgan fingerprint density at radius 3 is 2.54 bits per heavy atom. The minimum absolute atomic E-state index is 0.0822. The van der Waals surface area contributed by atoms with E-state index >= 15 is 0 Å². The van der Waals surface area contributed by atoms with Gasteiger partial charge in [0.2, 0.25) is 0 Å². The lowest BCUT2D eigenvalue weighted by Crippen LogP contribution is -2.07. The second-order valence-electron chi connectivity index (χ2n) is 6.03. The van der Waals surface area contributed by atoms with E-state index < -0.39 is 15.8 Å². The molecule has 140 valence electrons. The smallest absolute Gasteiger partial charge is 0.339 e. The Hall–Kier alpha value is -2.54. The Balaban J connectivity index is 1.76. The number of rotatable bonds is 9. The number of aromatic carboxylic acids is 1. The van der Waals surface area contributed by atoms with Crippen LogP contribution in [0.15, 0.2) is 47.4 Å². The van der Waals surface area contributed by atoms with Gasteiger partial charge in [0.05, 0.1) is 17.3 Å². The fourth-order valence-corrected chi connectivity index (χ4v) is 3.94. The third kappa shape index (κ3) is 5.49. The van der Waals surface area contributed by atoms with Crippen molar-refractivity contribution >= 4 is 15.8 Å². The van der Waals surface area contributed by atoms with Crippen LogP contribution in [0.4, 0.5) is 0 Å². The van der Waals surface area contributed by atoms with E-state index in [9.17, 15) is 18.3 Å². The molecule has 0 saturated carbocycles. The Kier molecular flexibility index (Phi) is 6.63. The molecule has 2 aromatic rings. The van der Waals surface area contributed by atoms with Gasteiger partial charge in [-0.25, -0.2) is 13.2 Å². The number of ether oxygens (including phenoxy) is 1. The minimum atomic E-state index is -3.28. The van der Waals surface area contributed by atoms with E-state index in [4.69, 9.17) is 9.84 Å². The Labute approximate surface area is 153 Å². The number of unbranched alkanes of at least 4 members (excludes halogenated alkanes) is 2. The van der Waals surface area contributed by atoms with E-state index in [-0.39, 0.29) is 17.1 Å². The predicted molar refractivity (Wildman–Crippen MR) is 97.6 cm³/mol. The number of aryl methyl sites for hydroxylation is 1. The van der Waals surface area contributed by atoms with Crippen LogP contribution in [0.3, 0.4) is 0 Å². The van der Waals surface area contributed by atoms with Gasteiger partial charge in [-0.2, -0.15) is 0 Å². The first-order chi connectivity index (χ1) is 12.3. The summed E-state index contributed by atoms with van der Waals surface area (Å²) in [6.45, 7) is 2.20. The Bertz CT molecular complexity index is 873. The van der Waals surface area contributed by atoms with Crippen molar-refractivity contribution in [3.05, 3.63) is 53.6 Å². The van der Waals surface area contributed by atoms with Crippen molar-refractivity contribution in [3.8, 4) is 11.5 Å². The highest BCUT2D eigenvalue weighted by molar-refractivity contribution is 7.91. The molecule has 0 bridgehead atoms. The molecule has 0 heterocycles. The third-order valence-corrected chi connectivity index (χ3v) is 5.67. The molecule has 0 aromatic heterocycles. The van der Waals surface area contributed by atoms with Gasteiger partial charge in [-0.15, -0.1) is 0 Å². The molecule has 2 N–H and O–H groups in total. The molecule has 0 radical (unpaired) electrons. The van der Waals surface area contributed by atoms with E-state index in [1.54, 1.807) is 18.2 Å². The highest BCUT2D eigenvalue weighted by Crippen LogP contribution is 2.23. The Morgan fingerprint density at radius 1 is 1.08 bits per heavy atom. The van der Waals surface area contributed by atoms with Gasteiger partial charge in [0.25, 0.3) is 0 Å². The maximum atomic E-state index is 12.3. The number of hydrogen-bond donors (Lipinski definition) is 2. The number of hydrogen-bond acceptors (Lipinski definition) is 5. The second kappa shape index (κ2) is 8.71. The van der Waals surface area contributed by atoms with Crippen LogP contribution in [-0.2, 0) is 9.84 Å². The van der Waals surface area contributed by atoms with Crippen LogP contribution >= 0.6 is 0 Å².